The summed E-state index contributed by atoms with van der Waals surface area (Å²) in [5.74, 6) is -0.809. The Hall–Kier alpha value is -4.95. The zero-order chi connectivity index (χ0) is 30.5. The van der Waals surface area contributed by atoms with Crippen molar-refractivity contribution in [1.82, 2.24) is 10.6 Å². The van der Waals surface area contributed by atoms with E-state index in [0.717, 1.165) is 16.7 Å². The van der Waals surface area contributed by atoms with Gasteiger partial charge in [-0.05, 0) is 85.3 Å². The van der Waals surface area contributed by atoms with Gasteiger partial charge in [-0.1, -0.05) is 55.1 Å². The summed E-state index contributed by atoms with van der Waals surface area (Å²) >= 11 is 0. The highest BCUT2D eigenvalue weighted by Gasteiger charge is 2.35. The molecule has 1 aliphatic rings. The van der Waals surface area contributed by atoms with Gasteiger partial charge in [0.2, 0.25) is 0 Å². The highest BCUT2D eigenvalue weighted by atomic mass is 19.1. The lowest BCUT2D eigenvalue weighted by molar-refractivity contribution is -0.0861. The van der Waals surface area contributed by atoms with Gasteiger partial charge >= 0.3 is 0 Å². The molecule has 0 aliphatic carbocycles. The largest absolute Gasteiger partial charge is 0.369 e. The molecule has 4 aromatic rings. The minimum atomic E-state index is -0.319. The fraction of sp³-hybridized carbons (Fsp3) is 0.147. The molecule has 1 saturated heterocycles. The Bertz CT molecular complexity index is 1500. The zero-order valence-corrected chi connectivity index (χ0v) is 23.4. The van der Waals surface area contributed by atoms with Gasteiger partial charge in [-0.25, -0.2) is 8.78 Å². The van der Waals surface area contributed by atoms with E-state index < -0.39 is 0 Å². The molecule has 2 atom stereocenters. The fourth-order valence-electron chi connectivity index (χ4n) is 4.00. The number of rotatable bonds is 6. The lowest BCUT2D eigenvalue weighted by atomic mass is 9.97. The Labute approximate surface area is 244 Å². The predicted octanol–water partition coefficient (Wildman–Crippen LogP) is 6.51. The van der Waals surface area contributed by atoms with Crippen molar-refractivity contribution in [3.63, 3.8) is 0 Å². The van der Waals surface area contributed by atoms with Crippen LogP contribution in [-0.2, 0) is 4.74 Å². The molecule has 2 amide bonds. The highest BCUT2D eigenvalue weighted by Crippen LogP contribution is 2.30. The maximum Gasteiger partial charge on any atom is 0.255 e. The summed E-state index contributed by atoms with van der Waals surface area (Å²) in [5, 5.41) is 5.51. The molecule has 0 radical (unpaired) electrons. The van der Waals surface area contributed by atoms with Crippen molar-refractivity contribution in [3.05, 3.63) is 155 Å². The monoisotopic (exact) mass is 570 g/mol. The topological polar surface area (TPSA) is 84.5 Å². The van der Waals surface area contributed by atoms with Crippen molar-refractivity contribution >= 4 is 18.1 Å². The van der Waals surface area contributed by atoms with Gasteiger partial charge in [0.25, 0.3) is 11.8 Å². The number of hydrogen-bond acceptors (Lipinski definition) is 4. The first-order valence-corrected chi connectivity index (χ1v) is 13.1. The Kier molecular flexibility index (Phi) is 11.8. The number of benzene rings is 4. The van der Waals surface area contributed by atoms with E-state index in [0.29, 0.717) is 29.6 Å². The molecule has 8 heteroatoms. The fourth-order valence-corrected chi connectivity index (χ4v) is 4.00. The van der Waals surface area contributed by atoms with Crippen molar-refractivity contribution in [1.29, 1.82) is 0 Å². The van der Waals surface area contributed by atoms with Crippen LogP contribution >= 0.6 is 0 Å². The number of nitrogens with one attached hydrogen (secondary N) is 2. The van der Waals surface area contributed by atoms with Crippen molar-refractivity contribution in [3.8, 4) is 0 Å². The number of halogens is 2. The van der Waals surface area contributed by atoms with Crippen molar-refractivity contribution < 1.29 is 27.9 Å². The second kappa shape index (κ2) is 15.7. The average Bonchev–Trinajstić information content (AvgIpc) is 2.98. The quantitative estimate of drug-likeness (QED) is 0.259. The summed E-state index contributed by atoms with van der Waals surface area (Å²) in [4.78, 5) is 33.6. The maximum absolute atomic E-state index is 12.9. The molecule has 0 aromatic heterocycles. The number of aldehydes is 1. The van der Waals surface area contributed by atoms with Crippen LogP contribution in [0.4, 0.5) is 8.78 Å². The first kappa shape index (κ1) is 31.6. The molecule has 0 saturated carbocycles. The maximum atomic E-state index is 12.9. The predicted molar refractivity (Wildman–Crippen MR) is 158 cm³/mol. The molecule has 2 N–H and O–H groups in total. The molecule has 1 unspecified atom stereocenters. The number of carbonyl (C=O) groups is 3. The van der Waals surface area contributed by atoms with E-state index in [4.69, 9.17) is 4.74 Å². The third-order valence-corrected chi connectivity index (χ3v) is 6.35. The first-order valence-electron chi connectivity index (χ1n) is 13.1. The summed E-state index contributed by atoms with van der Waals surface area (Å²) in [6.07, 6.45) is 1.85. The third-order valence-electron chi connectivity index (χ3n) is 6.35. The number of amides is 2. The van der Waals surface area contributed by atoms with Crippen LogP contribution in [0.1, 0.15) is 53.9 Å². The van der Waals surface area contributed by atoms with Gasteiger partial charge in [0.1, 0.15) is 24.0 Å². The van der Waals surface area contributed by atoms with Gasteiger partial charge in [-0.3, -0.25) is 14.4 Å². The van der Waals surface area contributed by atoms with E-state index in [-0.39, 0.29) is 35.6 Å². The van der Waals surface area contributed by atoms with Crippen LogP contribution in [0.5, 0.6) is 0 Å². The molecular formula is C34H32F2N2O4. The first-order chi connectivity index (χ1) is 20.2. The number of hydrogen-bond donors (Lipinski definition) is 2. The van der Waals surface area contributed by atoms with Crippen LogP contribution in [0.2, 0.25) is 0 Å². The van der Waals surface area contributed by atoms with Crippen molar-refractivity contribution in [2.24, 2.45) is 0 Å². The second-order valence-electron chi connectivity index (χ2n) is 9.36. The Morgan fingerprint density at radius 2 is 1.29 bits per heavy atom. The summed E-state index contributed by atoms with van der Waals surface area (Å²) in [5.41, 5.74) is 4.64. The van der Waals surface area contributed by atoms with Gasteiger partial charge in [-0.15, -0.1) is 0 Å². The molecule has 6 nitrogen and oxygen atoms in total. The van der Waals surface area contributed by atoms with E-state index in [9.17, 15) is 23.2 Å². The average molecular weight is 571 g/mol. The van der Waals surface area contributed by atoms with Crippen LogP contribution in [-0.4, -0.2) is 30.7 Å². The van der Waals surface area contributed by atoms with Crippen molar-refractivity contribution in [2.75, 3.05) is 6.61 Å². The molecule has 42 heavy (non-hydrogen) atoms. The normalized spacial score (nSPS) is 14.9. The van der Waals surface area contributed by atoms with Gasteiger partial charge in [0.05, 0.1) is 12.6 Å². The Morgan fingerprint density at radius 3 is 1.74 bits per heavy atom. The lowest BCUT2D eigenvalue weighted by Crippen LogP contribution is -2.50. The molecule has 1 fully saturated rings. The summed E-state index contributed by atoms with van der Waals surface area (Å²) in [6.45, 7) is 7.70. The van der Waals surface area contributed by atoms with Crippen LogP contribution in [0.3, 0.4) is 0 Å². The lowest BCUT2D eigenvalue weighted by Gasteiger charge is -2.37. The van der Waals surface area contributed by atoms with Crippen LogP contribution < -0.4 is 10.6 Å². The molecule has 1 heterocycles. The number of ether oxygens (including phenoxy) is 1. The van der Waals surface area contributed by atoms with Gasteiger partial charge in [0, 0.05) is 16.7 Å². The van der Waals surface area contributed by atoms with Crippen LogP contribution in [0, 0.1) is 25.5 Å². The van der Waals surface area contributed by atoms with E-state index >= 15 is 0 Å². The van der Waals surface area contributed by atoms with E-state index in [1.165, 1.54) is 42.6 Å². The minimum absolute atomic E-state index is 0.0810. The third kappa shape index (κ3) is 9.04. The molecule has 216 valence electrons. The minimum Gasteiger partial charge on any atom is -0.369 e. The number of aryl methyl sites for hydroxylation is 2. The summed E-state index contributed by atoms with van der Waals surface area (Å²) < 4.78 is 30.5. The Morgan fingerprint density at radius 1 is 0.786 bits per heavy atom. The standard InChI is InChI=1S/C17H16FNO2.C10H11NO.C7H5FO/c1-11-4-2-3-5-14(11)17(20)19-15-10-21-16(15)12-6-8-13(18)9-7-12;1-3-11-10(12)9-7-5-4-6-8(9)2;8-7-3-1-6(5-9)2-4-7/h2-9,15-16H,10H2,1H3,(H,19,20);3-7H,1H2,2H3,(H,11,12);1-5H/t15-,16?;;/m1../s1. The SMILES string of the molecule is C=CNC(=O)c1ccccc1C.Cc1ccccc1C(=O)N[C@@H]1COC1c1ccc(F)cc1.O=Cc1ccc(F)cc1. The molecule has 1 aliphatic heterocycles. The second-order valence-corrected chi connectivity index (χ2v) is 9.36. The highest BCUT2D eigenvalue weighted by molar-refractivity contribution is 5.96. The van der Waals surface area contributed by atoms with Gasteiger partial charge in [0.15, 0.2) is 0 Å². The zero-order valence-electron chi connectivity index (χ0n) is 23.4. The Balaban J connectivity index is 0.000000194. The smallest absolute Gasteiger partial charge is 0.255 e. The molecule has 0 spiro atoms. The molecule has 0 bridgehead atoms. The molecule has 4 aromatic carbocycles. The van der Waals surface area contributed by atoms with Crippen LogP contribution in [0.15, 0.2) is 110 Å². The summed E-state index contributed by atoms with van der Waals surface area (Å²) in [7, 11) is 0. The number of carbonyl (C=O) groups excluding carboxylic acids is 3. The van der Waals surface area contributed by atoms with Crippen LogP contribution in [0.25, 0.3) is 0 Å². The van der Waals surface area contributed by atoms with Gasteiger partial charge in [-0.2, -0.15) is 0 Å². The molecule has 5 rings (SSSR count). The van der Waals surface area contributed by atoms with Gasteiger partial charge < -0.3 is 15.4 Å². The molecular weight excluding hydrogens is 538 g/mol. The van der Waals surface area contributed by atoms with Crippen molar-refractivity contribution in [2.45, 2.75) is 26.0 Å². The van der Waals surface area contributed by atoms with E-state index in [1.807, 2.05) is 50.2 Å². The van der Waals surface area contributed by atoms with E-state index in [1.54, 1.807) is 24.3 Å². The van der Waals surface area contributed by atoms with E-state index in [2.05, 4.69) is 17.2 Å². The summed E-state index contributed by atoms with van der Waals surface area (Å²) in [6, 6.07) is 26.3.